The summed E-state index contributed by atoms with van der Waals surface area (Å²) in [6, 6.07) is 5.31. The molecule has 0 aliphatic rings. The van der Waals surface area contributed by atoms with Gasteiger partial charge in [0, 0.05) is 23.6 Å². The molecule has 0 radical (unpaired) electrons. The highest BCUT2D eigenvalue weighted by molar-refractivity contribution is 9.10. The van der Waals surface area contributed by atoms with Crippen molar-refractivity contribution in [2.75, 3.05) is 11.9 Å². The summed E-state index contributed by atoms with van der Waals surface area (Å²) in [6.07, 6.45) is 0. The second kappa shape index (κ2) is 4.61. The van der Waals surface area contributed by atoms with E-state index in [0.717, 1.165) is 4.47 Å². The van der Waals surface area contributed by atoms with Crippen molar-refractivity contribution in [3.8, 4) is 0 Å². The molecule has 0 unspecified atom stereocenters. The van der Waals surface area contributed by atoms with E-state index in [-0.39, 0.29) is 16.7 Å². The van der Waals surface area contributed by atoms with Gasteiger partial charge in [-0.05, 0) is 26.0 Å². The van der Waals surface area contributed by atoms with E-state index in [1.165, 1.54) is 6.07 Å². The van der Waals surface area contributed by atoms with Crippen LogP contribution in [-0.4, -0.2) is 18.0 Å². The molecule has 1 aromatic rings. The maximum atomic E-state index is 10.9. The topological polar surface area (TPSA) is 46.4 Å². The van der Waals surface area contributed by atoms with E-state index in [1.54, 1.807) is 12.1 Å². The average Bonchev–Trinajstić information content (AvgIpc) is 2.16. The summed E-state index contributed by atoms with van der Waals surface area (Å²) in [5, 5.41) is 10.9. The van der Waals surface area contributed by atoms with Crippen molar-refractivity contribution in [2.45, 2.75) is 19.9 Å². The van der Waals surface area contributed by atoms with Crippen molar-refractivity contribution in [3.05, 3.63) is 32.8 Å². The van der Waals surface area contributed by atoms with Crippen LogP contribution >= 0.6 is 15.9 Å². The van der Waals surface area contributed by atoms with Crippen LogP contribution in [0.1, 0.15) is 13.8 Å². The van der Waals surface area contributed by atoms with Gasteiger partial charge in [0.1, 0.15) is 5.69 Å². The summed E-state index contributed by atoms with van der Waals surface area (Å²) in [5.74, 6) is 0. The quantitative estimate of drug-likeness (QED) is 0.627. The zero-order valence-corrected chi connectivity index (χ0v) is 10.5. The molecule has 0 aliphatic carbocycles. The number of nitro groups is 1. The Kier molecular flexibility index (Phi) is 3.68. The molecule has 0 aromatic heterocycles. The molecule has 0 aliphatic heterocycles. The Morgan fingerprint density at radius 1 is 1.47 bits per heavy atom. The third-order valence-corrected chi connectivity index (χ3v) is 2.78. The van der Waals surface area contributed by atoms with Gasteiger partial charge in [-0.15, -0.1) is 0 Å². The lowest BCUT2D eigenvalue weighted by molar-refractivity contribution is -0.384. The van der Waals surface area contributed by atoms with Gasteiger partial charge in [0.05, 0.1) is 4.92 Å². The van der Waals surface area contributed by atoms with Crippen LogP contribution in [0, 0.1) is 10.1 Å². The van der Waals surface area contributed by atoms with Crippen LogP contribution in [0.15, 0.2) is 22.7 Å². The molecule has 15 heavy (non-hydrogen) atoms. The summed E-state index contributed by atoms with van der Waals surface area (Å²) in [6.45, 7) is 3.98. The number of hydrogen-bond donors (Lipinski definition) is 0. The van der Waals surface area contributed by atoms with E-state index in [4.69, 9.17) is 0 Å². The highest BCUT2D eigenvalue weighted by Gasteiger charge is 2.18. The number of halogens is 1. The van der Waals surface area contributed by atoms with Gasteiger partial charge in [-0.2, -0.15) is 0 Å². The Morgan fingerprint density at radius 3 is 2.53 bits per heavy atom. The molecule has 0 atom stereocenters. The molecule has 0 bridgehead atoms. The van der Waals surface area contributed by atoms with Crippen LogP contribution in [0.5, 0.6) is 0 Å². The molecule has 82 valence electrons. The maximum Gasteiger partial charge on any atom is 0.293 e. The fourth-order valence-electron chi connectivity index (χ4n) is 1.22. The summed E-state index contributed by atoms with van der Waals surface area (Å²) < 4.78 is 0.718. The second-order valence-corrected chi connectivity index (χ2v) is 4.51. The molecule has 4 nitrogen and oxygen atoms in total. The molecule has 0 saturated carbocycles. The molecule has 0 fully saturated rings. The predicted molar refractivity (Wildman–Crippen MR) is 64.3 cm³/mol. The van der Waals surface area contributed by atoms with Gasteiger partial charge in [-0.1, -0.05) is 15.9 Å². The summed E-state index contributed by atoms with van der Waals surface area (Å²) in [7, 11) is 1.85. The van der Waals surface area contributed by atoms with Crippen molar-refractivity contribution in [2.24, 2.45) is 0 Å². The first-order valence-electron chi connectivity index (χ1n) is 4.60. The average molecular weight is 273 g/mol. The fourth-order valence-corrected chi connectivity index (χ4v) is 1.57. The number of anilines is 1. The van der Waals surface area contributed by atoms with Crippen molar-refractivity contribution in [3.63, 3.8) is 0 Å². The lowest BCUT2D eigenvalue weighted by Crippen LogP contribution is -2.26. The summed E-state index contributed by atoms with van der Waals surface area (Å²) in [5.41, 5.74) is 0.763. The highest BCUT2D eigenvalue weighted by Crippen LogP contribution is 2.31. The standard InChI is InChI=1S/C10H13BrN2O2/c1-7(2)12(3)9-5-4-8(11)6-10(9)13(14)15/h4-7H,1-3H3. The number of benzene rings is 1. The van der Waals surface area contributed by atoms with Gasteiger partial charge < -0.3 is 4.90 Å². The van der Waals surface area contributed by atoms with Gasteiger partial charge in [-0.25, -0.2) is 0 Å². The SMILES string of the molecule is CC(C)N(C)c1ccc(Br)cc1[N+](=O)[O-]. The highest BCUT2D eigenvalue weighted by atomic mass is 79.9. The van der Waals surface area contributed by atoms with Crippen LogP contribution in [0.4, 0.5) is 11.4 Å². The van der Waals surface area contributed by atoms with E-state index >= 15 is 0 Å². The van der Waals surface area contributed by atoms with E-state index in [0.29, 0.717) is 5.69 Å². The lowest BCUT2D eigenvalue weighted by atomic mass is 10.2. The minimum atomic E-state index is -0.362. The van der Waals surface area contributed by atoms with E-state index < -0.39 is 0 Å². The Bertz CT molecular complexity index is 380. The first-order valence-corrected chi connectivity index (χ1v) is 5.39. The molecular weight excluding hydrogens is 260 g/mol. The molecule has 0 amide bonds. The van der Waals surface area contributed by atoms with Crippen molar-refractivity contribution < 1.29 is 4.92 Å². The third kappa shape index (κ3) is 2.68. The molecule has 5 heteroatoms. The third-order valence-electron chi connectivity index (χ3n) is 2.29. The Labute approximate surface area is 97.2 Å². The number of nitrogens with zero attached hydrogens (tertiary/aromatic N) is 2. The van der Waals surface area contributed by atoms with E-state index in [2.05, 4.69) is 15.9 Å². The molecule has 0 saturated heterocycles. The fraction of sp³-hybridized carbons (Fsp3) is 0.400. The van der Waals surface area contributed by atoms with E-state index in [9.17, 15) is 10.1 Å². The van der Waals surface area contributed by atoms with Gasteiger partial charge in [0.25, 0.3) is 5.69 Å². The predicted octanol–water partition coefficient (Wildman–Crippen LogP) is 3.20. The summed E-state index contributed by atoms with van der Waals surface area (Å²) >= 11 is 3.23. The molecule has 0 N–H and O–H groups in total. The van der Waals surface area contributed by atoms with Crippen molar-refractivity contribution >= 4 is 27.3 Å². The van der Waals surface area contributed by atoms with Crippen LogP contribution in [0.25, 0.3) is 0 Å². The first-order chi connectivity index (χ1) is 6.93. The molecule has 0 heterocycles. The zero-order chi connectivity index (χ0) is 11.6. The van der Waals surface area contributed by atoms with Crippen LogP contribution < -0.4 is 4.90 Å². The Morgan fingerprint density at radius 2 is 2.07 bits per heavy atom. The normalized spacial score (nSPS) is 10.5. The number of hydrogen-bond acceptors (Lipinski definition) is 3. The van der Waals surface area contributed by atoms with Gasteiger partial charge in [-0.3, -0.25) is 10.1 Å². The minimum Gasteiger partial charge on any atom is -0.367 e. The van der Waals surface area contributed by atoms with Crippen LogP contribution in [0.3, 0.4) is 0 Å². The molecule has 1 rings (SSSR count). The first kappa shape index (κ1) is 12.0. The van der Waals surface area contributed by atoms with Gasteiger partial charge in [0.2, 0.25) is 0 Å². The summed E-state index contributed by atoms with van der Waals surface area (Å²) in [4.78, 5) is 12.4. The Balaban J connectivity index is 3.22. The zero-order valence-electron chi connectivity index (χ0n) is 8.90. The van der Waals surface area contributed by atoms with Gasteiger partial charge >= 0.3 is 0 Å². The second-order valence-electron chi connectivity index (χ2n) is 3.59. The smallest absolute Gasteiger partial charge is 0.293 e. The van der Waals surface area contributed by atoms with Crippen LogP contribution in [0.2, 0.25) is 0 Å². The minimum absolute atomic E-state index is 0.126. The number of rotatable bonds is 3. The largest absolute Gasteiger partial charge is 0.367 e. The van der Waals surface area contributed by atoms with Gasteiger partial charge in [0.15, 0.2) is 0 Å². The molecular formula is C10H13BrN2O2. The van der Waals surface area contributed by atoms with E-state index in [1.807, 2.05) is 25.8 Å². The Hall–Kier alpha value is -1.10. The van der Waals surface area contributed by atoms with Crippen molar-refractivity contribution in [1.82, 2.24) is 0 Å². The van der Waals surface area contributed by atoms with Crippen molar-refractivity contribution in [1.29, 1.82) is 0 Å². The maximum absolute atomic E-state index is 10.9. The monoisotopic (exact) mass is 272 g/mol. The lowest BCUT2D eigenvalue weighted by Gasteiger charge is -2.23. The number of nitro benzene ring substituents is 1. The van der Waals surface area contributed by atoms with Crippen LogP contribution in [-0.2, 0) is 0 Å². The molecule has 1 aromatic carbocycles. The molecule has 0 spiro atoms.